The molecule has 7 heteroatoms. The highest BCUT2D eigenvalue weighted by atomic mass is 32.1. The molecular weight excluding hydrogens is 316 g/mol. The summed E-state index contributed by atoms with van der Waals surface area (Å²) < 4.78 is 12.0. The molecule has 0 saturated heterocycles. The normalized spacial score (nSPS) is 10.8. The fourth-order valence-electron chi connectivity index (χ4n) is 2.32. The van der Waals surface area contributed by atoms with Gasteiger partial charge in [0.05, 0.1) is 24.9 Å². The molecule has 0 spiro atoms. The number of hydrogen-bond acceptors (Lipinski definition) is 5. The Bertz CT molecular complexity index is 816. The Morgan fingerprint density at radius 1 is 1.39 bits per heavy atom. The second-order valence-corrected chi connectivity index (χ2v) is 5.89. The summed E-state index contributed by atoms with van der Waals surface area (Å²) in [4.78, 5) is 25.3. The van der Waals surface area contributed by atoms with Gasteiger partial charge in [0.2, 0.25) is 5.91 Å². The third-order valence-electron chi connectivity index (χ3n) is 3.35. The highest BCUT2D eigenvalue weighted by Gasteiger charge is 2.20. The van der Waals surface area contributed by atoms with Gasteiger partial charge in [-0.05, 0) is 18.4 Å². The number of amides is 1. The van der Waals surface area contributed by atoms with Crippen LogP contribution in [0, 0.1) is 0 Å². The number of furan rings is 1. The lowest BCUT2D eigenvalue weighted by atomic mass is 10.4. The summed E-state index contributed by atoms with van der Waals surface area (Å²) in [7, 11) is 0. The third kappa shape index (κ3) is 3.29. The summed E-state index contributed by atoms with van der Waals surface area (Å²) in [5.74, 6) is -0.646. The van der Waals surface area contributed by atoms with Crippen LogP contribution in [0.5, 0.6) is 0 Å². The molecule has 1 amide bonds. The average Bonchev–Trinajstić information content (AvgIpc) is 3.24. The number of carbonyl (C=O) groups is 2. The Morgan fingerprint density at radius 3 is 3.00 bits per heavy atom. The quantitative estimate of drug-likeness (QED) is 0.705. The van der Waals surface area contributed by atoms with Crippen molar-refractivity contribution in [3.63, 3.8) is 0 Å². The summed E-state index contributed by atoms with van der Waals surface area (Å²) >= 11 is 1.58. The van der Waals surface area contributed by atoms with E-state index in [9.17, 15) is 9.59 Å². The molecule has 0 fully saturated rings. The molecule has 3 rings (SSSR count). The molecule has 1 N–H and O–H groups in total. The Morgan fingerprint density at radius 2 is 2.26 bits per heavy atom. The predicted molar refractivity (Wildman–Crippen MR) is 86.3 cm³/mol. The molecule has 0 atom stereocenters. The molecular formula is C16H16N2O4S. The van der Waals surface area contributed by atoms with Crippen molar-refractivity contribution >= 4 is 34.3 Å². The molecule has 0 radical (unpaired) electrons. The summed E-state index contributed by atoms with van der Waals surface area (Å²) in [6.07, 6.45) is 1.53. The lowest BCUT2D eigenvalue weighted by Gasteiger charge is -2.09. The van der Waals surface area contributed by atoms with Gasteiger partial charge >= 0.3 is 5.97 Å². The maximum atomic E-state index is 12.2. The maximum Gasteiger partial charge on any atom is 0.355 e. The van der Waals surface area contributed by atoms with Gasteiger partial charge in [-0.25, -0.2) is 4.79 Å². The minimum absolute atomic E-state index is 0.0303. The van der Waals surface area contributed by atoms with E-state index in [4.69, 9.17) is 9.15 Å². The predicted octanol–water partition coefficient (Wildman–Crippen LogP) is 2.79. The molecule has 3 heterocycles. The topological polar surface area (TPSA) is 73.5 Å². The van der Waals surface area contributed by atoms with Gasteiger partial charge < -0.3 is 19.0 Å². The van der Waals surface area contributed by atoms with E-state index in [1.807, 2.05) is 17.5 Å². The van der Waals surface area contributed by atoms with Crippen LogP contribution in [0.4, 0.5) is 0 Å². The van der Waals surface area contributed by atoms with E-state index in [0.717, 1.165) is 4.88 Å². The zero-order valence-electron chi connectivity index (χ0n) is 12.6. The number of aromatic nitrogens is 1. The van der Waals surface area contributed by atoms with Crippen molar-refractivity contribution in [2.45, 2.75) is 20.0 Å². The first-order valence-corrected chi connectivity index (χ1v) is 8.10. The molecule has 120 valence electrons. The minimum Gasteiger partial charge on any atom is -0.463 e. The average molecular weight is 332 g/mol. The number of nitrogens with one attached hydrogen (secondary N) is 1. The standard InChI is InChI=1S/C16H16N2O4S/c1-2-21-16(20)13-8-14-12(5-6-22-14)18(13)10-15(19)17-9-11-4-3-7-23-11/h3-8H,2,9-10H2,1H3,(H,17,19). The van der Waals surface area contributed by atoms with Gasteiger partial charge in [0.1, 0.15) is 12.2 Å². The van der Waals surface area contributed by atoms with E-state index in [2.05, 4.69) is 5.32 Å². The van der Waals surface area contributed by atoms with Gasteiger partial charge in [-0.15, -0.1) is 11.3 Å². The van der Waals surface area contributed by atoms with Crippen LogP contribution >= 0.6 is 11.3 Å². The highest BCUT2D eigenvalue weighted by Crippen LogP contribution is 2.21. The van der Waals surface area contributed by atoms with Crippen LogP contribution in [-0.4, -0.2) is 23.1 Å². The van der Waals surface area contributed by atoms with Crippen LogP contribution in [0.15, 0.2) is 40.3 Å². The largest absolute Gasteiger partial charge is 0.463 e. The number of esters is 1. The molecule has 0 aliphatic heterocycles. The Balaban J connectivity index is 1.77. The SMILES string of the molecule is CCOC(=O)c1cc2occc2n1CC(=O)NCc1cccs1. The molecule has 0 bridgehead atoms. The number of fused-ring (bicyclic) bond motifs is 1. The number of carbonyl (C=O) groups excluding carboxylic acids is 2. The van der Waals surface area contributed by atoms with Gasteiger partial charge in [-0.1, -0.05) is 6.07 Å². The van der Waals surface area contributed by atoms with Crippen molar-refractivity contribution in [1.82, 2.24) is 9.88 Å². The van der Waals surface area contributed by atoms with Crippen molar-refractivity contribution in [2.24, 2.45) is 0 Å². The van der Waals surface area contributed by atoms with Gasteiger partial charge in [0.25, 0.3) is 0 Å². The van der Waals surface area contributed by atoms with E-state index in [1.165, 1.54) is 6.26 Å². The fourth-order valence-corrected chi connectivity index (χ4v) is 2.96. The zero-order chi connectivity index (χ0) is 16.2. The van der Waals surface area contributed by atoms with Gasteiger partial charge in [0.15, 0.2) is 5.58 Å². The Kier molecular flexibility index (Phi) is 4.47. The summed E-state index contributed by atoms with van der Waals surface area (Å²) in [5, 5.41) is 4.81. The maximum absolute atomic E-state index is 12.2. The minimum atomic E-state index is -0.468. The van der Waals surface area contributed by atoms with Gasteiger partial charge in [0, 0.05) is 17.0 Å². The van der Waals surface area contributed by atoms with Crippen LogP contribution in [0.2, 0.25) is 0 Å². The summed E-state index contributed by atoms with van der Waals surface area (Å²) in [6.45, 7) is 2.52. The molecule has 6 nitrogen and oxygen atoms in total. The van der Waals surface area contributed by atoms with Crippen molar-refractivity contribution in [3.8, 4) is 0 Å². The van der Waals surface area contributed by atoms with Crippen LogP contribution in [0.3, 0.4) is 0 Å². The van der Waals surface area contributed by atoms with E-state index < -0.39 is 5.97 Å². The second-order valence-electron chi connectivity index (χ2n) is 4.86. The van der Waals surface area contributed by atoms with Crippen molar-refractivity contribution in [2.75, 3.05) is 6.61 Å². The summed E-state index contributed by atoms with van der Waals surface area (Å²) in [6, 6.07) is 7.22. The first kappa shape index (κ1) is 15.4. The molecule has 0 aliphatic rings. The number of ether oxygens (including phenoxy) is 1. The van der Waals surface area contributed by atoms with Crippen molar-refractivity contribution < 1.29 is 18.7 Å². The first-order valence-electron chi connectivity index (χ1n) is 7.22. The lowest BCUT2D eigenvalue weighted by Crippen LogP contribution is -2.28. The number of thiophene rings is 1. The monoisotopic (exact) mass is 332 g/mol. The zero-order valence-corrected chi connectivity index (χ0v) is 13.4. The molecule has 0 unspecified atom stereocenters. The number of nitrogens with zero attached hydrogens (tertiary/aromatic N) is 1. The molecule has 23 heavy (non-hydrogen) atoms. The van der Waals surface area contributed by atoms with E-state index >= 15 is 0 Å². The molecule has 0 aliphatic carbocycles. The lowest BCUT2D eigenvalue weighted by molar-refractivity contribution is -0.121. The number of hydrogen-bond donors (Lipinski definition) is 1. The molecule has 3 aromatic heterocycles. The van der Waals surface area contributed by atoms with Crippen LogP contribution in [0.1, 0.15) is 22.3 Å². The van der Waals surface area contributed by atoms with Gasteiger partial charge in [-0.3, -0.25) is 4.79 Å². The number of rotatable bonds is 6. The fraction of sp³-hybridized carbons (Fsp3) is 0.250. The summed E-state index contributed by atoms with van der Waals surface area (Å²) in [5.41, 5.74) is 1.56. The van der Waals surface area contributed by atoms with Crippen LogP contribution in [0.25, 0.3) is 11.1 Å². The van der Waals surface area contributed by atoms with Gasteiger partial charge in [-0.2, -0.15) is 0 Å². The van der Waals surface area contributed by atoms with Crippen LogP contribution < -0.4 is 5.32 Å². The van der Waals surface area contributed by atoms with E-state index in [-0.39, 0.29) is 19.1 Å². The van der Waals surface area contributed by atoms with Crippen LogP contribution in [-0.2, 0) is 22.6 Å². The first-order chi connectivity index (χ1) is 11.2. The third-order valence-corrected chi connectivity index (χ3v) is 4.23. The molecule has 0 aromatic carbocycles. The van der Waals surface area contributed by atoms with E-state index in [1.54, 1.807) is 35.0 Å². The molecule has 0 saturated carbocycles. The Hall–Kier alpha value is -2.54. The molecule has 3 aromatic rings. The van der Waals surface area contributed by atoms with Crippen molar-refractivity contribution in [3.05, 3.63) is 46.5 Å². The van der Waals surface area contributed by atoms with Crippen molar-refractivity contribution in [1.29, 1.82) is 0 Å². The Labute approximate surface area is 136 Å². The smallest absolute Gasteiger partial charge is 0.355 e. The van der Waals surface area contributed by atoms with E-state index in [0.29, 0.717) is 23.3 Å². The highest BCUT2D eigenvalue weighted by molar-refractivity contribution is 7.09. The second kappa shape index (κ2) is 6.70.